The van der Waals surface area contributed by atoms with E-state index in [9.17, 15) is 4.79 Å². The second kappa shape index (κ2) is 8.78. The van der Waals surface area contributed by atoms with Crippen molar-refractivity contribution < 1.29 is 19.0 Å². The summed E-state index contributed by atoms with van der Waals surface area (Å²) in [5.74, 6) is 0.889. The molecule has 1 atom stereocenters. The predicted molar refractivity (Wildman–Crippen MR) is 105 cm³/mol. The molecule has 2 aliphatic rings. The van der Waals surface area contributed by atoms with Crippen molar-refractivity contribution in [2.45, 2.75) is 39.2 Å². The molecule has 1 aromatic rings. The summed E-state index contributed by atoms with van der Waals surface area (Å²) in [6.45, 7) is 5.78. The molecule has 2 aliphatic heterocycles. The first-order valence-corrected chi connectivity index (χ1v) is 9.91. The molecule has 3 rings (SSSR count). The van der Waals surface area contributed by atoms with E-state index in [1.807, 2.05) is 12.1 Å². The van der Waals surface area contributed by atoms with E-state index in [-0.39, 0.29) is 12.1 Å². The number of rotatable bonds is 4. The SMILES string of the molecule is COC(=O)c1cc(OC2CCOCC2)cc(C2=CCC(C)C=C(C)S2)c1. The summed E-state index contributed by atoms with van der Waals surface area (Å²) in [7, 11) is 1.41. The van der Waals surface area contributed by atoms with Gasteiger partial charge in [0.15, 0.2) is 0 Å². The highest BCUT2D eigenvalue weighted by atomic mass is 32.2. The van der Waals surface area contributed by atoms with E-state index in [0.29, 0.717) is 11.5 Å². The molecule has 0 aromatic heterocycles. The molecule has 26 heavy (non-hydrogen) atoms. The van der Waals surface area contributed by atoms with Crippen LogP contribution in [0.5, 0.6) is 5.75 Å². The van der Waals surface area contributed by atoms with Crippen molar-refractivity contribution in [3.63, 3.8) is 0 Å². The van der Waals surface area contributed by atoms with Crippen molar-refractivity contribution in [3.8, 4) is 5.75 Å². The van der Waals surface area contributed by atoms with Gasteiger partial charge in [-0.2, -0.15) is 0 Å². The Hall–Kier alpha value is -1.72. The maximum Gasteiger partial charge on any atom is 0.338 e. The molecule has 1 aromatic carbocycles. The molecule has 2 heterocycles. The Kier molecular flexibility index (Phi) is 6.43. The molecule has 0 spiro atoms. The quantitative estimate of drug-likeness (QED) is 0.690. The largest absolute Gasteiger partial charge is 0.490 e. The van der Waals surface area contributed by atoms with Gasteiger partial charge in [-0.25, -0.2) is 4.79 Å². The lowest BCUT2D eigenvalue weighted by molar-refractivity contribution is 0.0254. The highest BCUT2D eigenvalue weighted by Gasteiger charge is 2.19. The van der Waals surface area contributed by atoms with Crippen molar-refractivity contribution in [2.24, 2.45) is 5.92 Å². The Morgan fingerprint density at radius 2 is 2.00 bits per heavy atom. The van der Waals surface area contributed by atoms with E-state index >= 15 is 0 Å². The van der Waals surface area contributed by atoms with Crippen molar-refractivity contribution in [1.82, 2.24) is 0 Å². The fourth-order valence-corrected chi connectivity index (χ4v) is 4.28. The van der Waals surface area contributed by atoms with E-state index in [0.717, 1.165) is 48.7 Å². The average Bonchev–Trinajstić information content (AvgIpc) is 2.81. The maximum atomic E-state index is 12.1. The van der Waals surface area contributed by atoms with Gasteiger partial charge in [0, 0.05) is 17.7 Å². The minimum atomic E-state index is -0.344. The van der Waals surface area contributed by atoms with Crippen molar-refractivity contribution >= 4 is 22.6 Å². The summed E-state index contributed by atoms with van der Waals surface area (Å²) in [5, 5.41) is 0. The molecule has 5 heteroatoms. The first kappa shape index (κ1) is 19.1. The monoisotopic (exact) mass is 374 g/mol. The third-order valence-corrected chi connectivity index (χ3v) is 5.63. The van der Waals surface area contributed by atoms with Crippen molar-refractivity contribution in [3.05, 3.63) is 46.4 Å². The zero-order valence-corrected chi connectivity index (χ0v) is 16.4. The van der Waals surface area contributed by atoms with Gasteiger partial charge in [-0.3, -0.25) is 0 Å². The van der Waals surface area contributed by atoms with Gasteiger partial charge in [-0.15, -0.1) is 0 Å². The molecule has 1 saturated heterocycles. The molecule has 0 saturated carbocycles. The number of thioether (sulfide) groups is 1. The van der Waals surface area contributed by atoms with Gasteiger partial charge in [0.25, 0.3) is 0 Å². The third kappa shape index (κ3) is 4.92. The summed E-state index contributed by atoms with van der Waals surface area (Å²) in [4.78, 5) is 14.6. The molecule has 1 fully saturated rings. The lowest BCUT2D eigenvalue weighted by Gasteiger charge is -2.24. The second-order valence-electron chi connectivity index (χ2n) is 6.83. The Morgan fingerprint density at radius 1 is 1.23 bits per heavy atom. The molecule has 0 N–H and O–H groups in total. The van der Waals surface area contributed by atoms with Gasteiger partial charge >= 0.3 is 5.97 Å². The minimum absolute atomic E-state index is 0.127. The lowest BCUT2D eigenvalue weighted by atomic mass is 10.0. The fourth-order valence-electron chi connectivity index (χ4n) is 3.22. The van der Waals surface area contributed by atoms with Crippen LogP contribution < -0.4 is 4.74 Å². The summed E-state index contributed by atoms with van der Waals surface area (Å²) in [6.07, 6.45) is 7.39. The first-order valence-electron chi connectivity index (χ1n) is 9.09. The van der Waals surface area contributed by atoms with E-state index in [4.69, 9.17) is 14.2 Å². The molecule has 0 aliphatic carbocycles. The van der Waals surface area contributed by atoms with Crippen LogP contribution in [0, 0.1) is 5.92 Å². The Morgan fingerprint density at radius 3 is 2.73 bits per heavy atom. The number of hydrogen-bond acceptors (Lipinski definition) is 5. The van der Waals surface area contributed by atoms with E-state index in [1.54, 1.807) is 17.8 Å². The predicted octanol–water partition coefficient (Wildman–Crippen LogP) is 5.05. The van der Waals surface area contributed by atoms with Crippen LogP contribution in [0.2, 0.25) is 0 Å². The number of carbonyl (C=O) groups excluding carboxylic acids is 1. The zero-order valence-electron chi connectivity index (χ0n) is 15.6. The minimum Gasteiger partial charge on any atom is -0.490 e. The Bertz CT molecular complexity index is 717. The Balaban J connectivity index is 1.91. The second-order valence-corrected chi connectivity index (χ2v) is 8.12. The molecule has 0 amide bonds. The lowest BCUT2D eigenvalue weighted by Crippen LogP contribution is -2.26. The zero-order chi connectivity index (χ0) is 18.5. The summed E-state index contributed by atoms with van der Waals surface area (Å²) in [6, 6.07) is 5.70. The number of ether oxygens (including phenoxy) is 3. The summed E-state index contributed by atoms with van der Waals surface area (Å²) in [5.41, 5.74) is 1.52. The number of carbonyl (C=O) groups is 1. The highest BCUT2D eigenvalue weighted by Crippen LogP contribution is 2.39. The van der Waals surface area contributed by atoms with E-state index in [1.165, 1.54) is 12.0 Å². The van der Waals surface area contributed by atoms with Gasteiger partial charge in [-0.05, 0) is 47.9 Å². The number of hydrogen-bond donors (Lipinski definition) is 0. The van der Waals surface area contributed by atoms with E-state index < -0.39 is 0 Å². The van der Waals surface area contributed by atoms with Crippen LogP contribution in [-0.4, -0.2) is 32.4 Å². The fraction of sp³-hybridized carbons (Fsp3) is 0.476. The molecule has 0 radical (unpaired) electrons. The van der Waals surface area contributed by atoms with Crippen molar-refractivity contribution in [1.29, 1.82) is 0 Å². The van der Waals surface area contributed by atoms with Gasteiger partial charge < -0.3 is 14.2 Å². The third-order valence-electron chi connectivity index (χ3n) is 4.55. The van der Waals surface area contributed by atoms with Gasteiger partial charge in [0.05, 0.1) is 25.9 Å². The van der Waals surface area contributed by atoms with Gasteiger partial charge in [0.2, 0.25) is 0 Å². The number of benzene rings is 1. The van der Waals surface area contributed by atoms with Crippen LogP contribution >= 0.6 is 11.8 Å². The van der Waals surface area contributed by atoms with Crippen LogP contribution in [0.1, 0.15) is 49.0 Å². The van der Waals surface area contributed by atoms with Crippen LogP contribution in [0.25, 0.3) is 4.91 Å². The first-order chi connectivity index (χ1) is 12.5. The molecule has 4 nitrogen and oxygen atoms in total. The molecule has 0 bridgehead atoms. The van der Waals surface area contributed by atoms with E-state index in [2.05, 4.69) is 26.0 Å². The highest BCUT2D eigenvalue weighted by molar-refractivity contribution is 8.11. The van der Waals surface area contributed by atoms with Gasteiger partial charge in [-0.1, -0.05) is 30.8 Å². The van der Waals surface area contributed by atoms with Crippen molar-refractivity contribution in [2.75, 3.05) is 20.3 Å². The molecular formula is C21H26O4S. The normalized spacial score (nSPS) is 21.4. The number of methoxy groups -OCH3 is 1. The average molecular weight is 375 g/mol. The number of esters is 1. The summed E-state index contributed by atoms with van der Waals surface area (Å²) >= 11 is 1.74. The van der Waals surface area contributed by atoms with Gasteiger partial charge in [0.1, 0.15) is 11.9 Å². The topological polar surface area (TPSA) is 44.8 Å². The Labute approximate surface area is 159 Å². The van der Waals surface area contributed by atoms with Crippen LogP contribution in [0.3, 0.4) is 0 Å². The molecule has 1 unspecified atom stereocenters. The smallest absolute Gasteiger partial charge is 0.338 e. The van der Waals surface area contributed by atoms with Crippen LogP contribution in [0.15, 0.2) is 35.3 Å². The van der Waals surface area contributed by atoms with Crippen LogP contribution in [0.4, 0.5) is 0 Å². The molecular weight excluding hydrogens is 348 g/mol. The van der Waals surface area contributed by atoms with Crippen LogP contribution in [-0.2, 0) is 9.47 Å². The number of allylic oxidation sites excluding steroid dienone is 3. The maximum absolute atomic E-state index is 12.1. The summed E-state index contributed by atoms with van der Waals surface area (Å²) < 4.78 is 16.5. The molecule has 140 valence electrons. The standard InChI is InChI=1S/C21H26O4S/c1-14-4-5-20(26-15(2)10-14)16-11-17(21(22)23-3)13-19(12-16)25-18-6-8-24-9-7-18/h5,10-14,18H,4,6-9H2,1-3H3.